The van der Waals surface area contributed by atoms with E-state index in [1.54, 1.807) is 61.8 Å². The van der Waals surface area contributed by atoms with Gasteiger partial charge in [-0.3, -0.25) is 28.8 Å². The van der Waals surface area contributed by atoms with Gasteiger partial charge in [0.1, 0.15) is 23.5 Å². The molecule has 1 rings (SSSR count). The Morgan fingerprint density at radius 1 is 0.927 bits per heavy atom. The number of likely N-dealkylation sites (tertiary alicyclic amines) is 1. The minimum atomic E-state index is -4.57. The fourth-order valence-electron chi connectivity index (χ4n) is 4.47. The summed E-state index contributed by atoms with van der Waals surface area (Å²) in [7, 11) is 5.12. The predicted octanol–water partition coefficient (Wildman–Crippen LogP) is 3.95. The van der Waals surface area contributed by atoms with Crippen molar-refractivity contribution in [3.8, 4) is 0 Å². The van der Waals surface area contributed by atoms with Crippen LogP contribution in [0.25, 0.3) is 0 Å². The van der Waals surface area contributed by atoms with Crippen LogP contribution < -0.4 is 26.6 Å². The van der Waals surface area contributed by atoms with Gasteiger partial charge in [-0.25, -0.2) is 4.79 Å². The number of ether oxygens (including phenoxy) is 1. The number of carbonyl (C=O) groups is 7. The Morgan fingerprint density at radius 2 is 1.53 bits per heavy atom. The lowest BCUT2D eigenvalue weighted by molar-refractivity contribution is -0.144. The zero-order valence-corrected chi connectivity index (χ0v) is 34.2. The molecule has 0 aromatic rings. The minimum absolute atomic E-state index is 0.0162. The standard InChI is InChI=1S/C21H32F3N3O6.C11H17NO.C4H10N2O.C2H6/c1-12(2)16(26-19(32)33-20(3,4)5)18(31)27-10-6-7-14(27)17(30)25-13(15(29)11-28)8-9-21(22,23)24;1-3-4-5-6-7-8-9-11(13)10-12-2;1-5-3-4(7)6-2;1-2/h11-14,16H,6-10H2,1-5H3,(H,25,30)(H,26,32);3-7,12H,1,8-10H2,2H3;5H,3H2,1-2H3,(H,6,7);1-2H3/b;5-4-,7-6-;;. The molecule has 3 unspecified atom stereocenters. The van der Waals surface area contributed by atoms with E-state index in [4.69, 9.17) is 4.74 Å². The minimum Gasteiger partial charge on any atom is -0.444 e. The van der Waals surface area contributed by atoms with Crippen molar-refractivity contribution in [1.82, 2.24) is 31.5 Å². The van der Waals surface area contributed by atoms with Gasteiger partial charge >= 0.3 is 12.3 Å². The van der Waals surface area contributed by atoms with E-state index in [2.05, 4.69) is 33.2 Å². The topological polar surface area (TPSA) is 192 Å². The van der Waals surface area contributed by atoms with Crippen LogP contribution in [0.3, 0.4) is 0 Å². The first-order chi connectivity index (χ1) is 25.7. The Bertz CT molecular complexity index is 1250. The van der Waals surface area contributed by atoms with Gasteiger partial charge in [0.15, 0.2) is 6.29 Å². The van der Waals surface area contributed by atoms with E-state index in [9.17, 15) is 46.7 Å². The molecular weight excluding hydrogens is 725 g/mol. The molecule has 0 bridgehead atoms. The normalized spacial score (nSPS) is 14.9. The predicted molar refractivity (Wildman–Crippen MR) is 207 cm³/mol. The third-order valence-electron chi connectivity index (χ3n) is 7.01. The Morgan fingerprint density at radius 3 is 1.98 bits per heavy atom. The van der Waals surface area contributed by atoms with Crippen LogP contribution in [-0.2, 0) is 33.5 Å². The summed E-state index contributed by atoms with van der Waals surface area (Å²) in [6.45, 7) is 17.0. The van der Waals surface area contributed by atoms with Gasteiger partial charge in [-0.05, 0) is 66.5 Å². The summed E-state index contributed by atoms with van der Waals surface area (Å²) in [6, 6.07) is -3.70. The van der Waals surface area contributed by atoms with Crippen molar-refractivity contribution in [2.24, 2.45) is 5.92 Å². The summed E-state index contributed by atoms with van der Waals surface area (Å²) < 4.78 is 42.8. The van der Waals surface area contributed by atoms with Crippen LogP contribution in [0.1, 0.15) is 87.0 Å². The molecule has 0 aliphatic carbocycles. The van der Waals surface area contributed by atoms with E-state index < -0.39 is 66.4 Å². The maximum absolute atomic E-state index is 13.1. The second-order valence-corrected chi connectivity index (χ2v) is 13.2. The maximum Gasteiger partial charge on any atom is 0.408 e. The number of nitrogens with zero attached hydrogens (tertiary/aromatic N) is 1. The molecule has 0 saturated carbocycles. The average molecular weight is 791 g/mol. The number of hydrogen-bond donors (Lipinski definition) is 5. The van der Waals surface area contributed by atoms with Crippen molar-refractivity contribution in [1.29, 1.82) is 0 Å². The van der Waals surface area contributed by atoms with E-state index in [1.807, 2.05) is 38.2 Å². The molecule has 0 spiro atoms. The zero-order chi connectivity index (χ0) is 43.2. The smallest absolute Gasteiger partial charge is 0.408 e. The molecule has 0 aromatic carbocycles. The monoisotopic (exact) mass is 790 g/mol. The number of amides is 4. The van der Waals surface area contributed by atoms with Gasteiger partial charge in [0.05, 0.1) is 19.1 Å². The number of allylic oxidation sites excluding steroid dienone is 5. The van der Waals surface area contributed by atoms with Crippen molar-refractivity contribution in [2.45, 2.75) is 117 Å². The molecule has 3 atom stereocenters. The molecule has 55 heavy (non-hydrogen) atoms. The molecule has 1 fully saturated rings. The molecule has 316 valence electrons. The van der Waals surface area contributed by atoms with Gasteiger partial charge in [-0.1, -0.05) is 64.7 Å². The molecule has 5 N–H and O–H groups in total. The van der Waals surface area contributed by atoms with Crippen LogP contribution in [0.2, 0.25) is 0 Å². The third-order valence-corrected chi connectivity index (χ3v) is 7.01. The first-order valence-electron chi connectivity index (χ1n) is 18.3. The Kier molecular flexibility index (Phi) is 30.9. The van der Waals surface area contributed by atoms with Crippen LogP contribution in [0.5, 0.6) is 0 Å². The summed E-state index contributed by atoms with van der Waals surface area (Å²) in [5.74, 6) is -2.66. The molecule has 14 nitrogen and oxygen atoms in total. The number of rotatable bonds is 18. The van der Waals surface area contributed by atoms with E-state index in [1.165, 1.54) is 4.90 Å². The number of Topliss-reactive ketones (excluding diaryl/α,β-unsaturated/α-hetero) is 2. The maximum atomic E-state index is 13.1. The molecule has 4 amide bonds. The summed E-state index contributed by atoms with van der Waals surface area (Å²) in [6.07, 6.45) is 3.78. The van der Waals surface area contributed by atoms with Crippen molar-refractivity contribution in [3.05, 3.63) is 37.0 Å². The highest BCUT2D eigenvalue weighted by Gasteiger charge is 2.40. The fourth-order valence-corrected chi connectivity index (χ4v) is 4.47. The van der Waals surface area contributed by atoms with Crippen LogP contribution in [-0.4, -0.2) is 117 Å². The largest absolute Gasteiger partial charge is 0.444 e. The van der Waals surface area contributed by atoms with Crippen LogP contribution >= 0.6 is 0 Å². The number of ketones is 2. The highest BCUT2D eigenvalue weighted by molar-refractivity contribution is 6.28. The summed E-state index contributed by atoms with van der Waals surface area (Å²) in [4.78, 5) is 83.1. The van der Waals surface area contributed by atoms with Crippen LogP contribution in [0, 0.1) is 5.92 Å². The molecule has 0 aromatic heterocycles. The molecule has 0 radical (unpaired) electrons. The Labute approximate surface area is 324 Å². The van der Waals surface area contributed by atoms with Gasteiger partial charge in [0.25, 0.3) is 0 Å². The zero-order valence-electron chi connectivity index (χ0n) is 34.2. The van der Waals surface area contributed by atoms with Gasteiger partial charge in [-0.2, -0.15) is 13.2 Å². The number of hydrogen-bond acceptors (Lipinski definition) is 10. The lowest BCUT2D eigenvalue weighted by atomic mass is 10.0. The number of alkyl carbamates (subject to hydrolysis) is 1. The molecule has 1 saturated heterocycles. The van der Waals surface area contributed by atoms with Crippen molar-refractivity contribution < 1.29 is 51.5 Å². The number of alkyl halides is 3. The van der Waals surface area contributed by atoms with Gasteiger partial charge in [0.2, 0.25) is 23.5 Å². The van der Waals surface area contributed by atoms with Crippen molar-refractivity contribution in [3.63, 3.8) is 0 Å². The molecule has 1 aliphatic heterocycles. The second-order valence-electron chi connectivity index (χ2n) is 13.2. The highest BCUT2D eigenvalue weighted by Crippen LogP contribution is 2.24. The average Bonchev–Trinajstić information content (AvgIpc) is 3.61. The molecule has 1 aliphatic rings. The first-order valence-corrected chi connectivity index (χ1v) is 18.3. The van der Waals surface area contributed by atoms with Crippen molar-refractivity contribution in [2.75, 3.05) is 40.8 Å². The number of aldehydes is 1. The quantitative estimate of drug-likeness (QED) is 0.0772. The fraction of sp³-hybridized carbons (Fsp3) is 0.658. The summed E-state index contributed by atoms with van der Waals surface area (Å²) in [5, 5.41) is 12.7. The first kappa shape index (κ1) is 55.0. The highest BCUT2D eigenvalue weighted by atomic mass is 19.4. The Balaban J connectivity index is -0.00000100. The number of nitrogens with one attached hydrogen (secondary N) is 5. The van der Waals surface area contributed by atoms with Crippen molar-refractivity contribution >= 4 is 41.7 Å². The van der Waals surface area contributed by atoms with Crippen LogP contribution in [0.15, 0.2) is 37.0 Å². The van der Waals surface area contributed by atoms with E-state index >= 15 is 0 Å². The third kappa shape index (κ3) is 28.7. The van der Waals surface area contributed by atoms with E-state index in [-0.39, 0.29) is 36.9 Å². The SMILES string of the molecule is C=C/C=C\C=C/CCC(=O)CNC.CC.CC(C)C(NC(=O)OC(C)(C)C)C(=O)N1CCCC1C(=O)NC(CCC(F)(F)F)C(=O)C=O.CNCC(=O)NC. The summed E-state index contributed by atoms with van der Waals surface area (Å²) in [5.41, 5.74) is -0.790. The lowest BCUT2D eigenvalue weighted by Crippen LogP contribution is -2.57. The molecule has 1 heterocycles. The van der Waals surface area contributed by atoms with E-state index in [0.717, 1.165) is 6.42 Å². The molecule has 17 heteroatoms. The Hall–Kier alpha value is -4.38. The number of halogens is 3. The molecular formula is C38H65F3N6O8. The lowest BCUT2D eigenvalue weighted by Gasteiger charge is -2.31. The number of carbonyl (C=O) groups excluding carboxylic acids is 7. The second kappa shape index (κ2) is 30.9. The van der Waals surface area contributed by atoms with Gasteiger partial charge < -0.3 is 36.2 Å². The summed E-state index contributed by atoms with van der Waals surface area (Å²) >= 11 is 0. The van der Waals surface area contributed by atoms with Crippen LogP contribution in [0.4, 0.5) is 18.0 Å². The van der Waals surface area contributed by atoms with Gasteiger partial charge in [-0.15, -0.1) is 0 Å². The van der Waals surface area contributed by atoms with E-state index in [0.29, 0.717) is 25.9 Å². The van der Waals surface area contributed by atoms with Gasteiger partial charge in [0, 0.05) is 26.4 Å². The number of likely N-dealkylation sites (N-methyl/N-ethyl adjacent to an activating group) is 3.